The summed E-state index contributed by atoms with van der Waals surface area (Å²) in [4.78, 5) is 14.7. The van der Waals surface area contributed by atoms with Gasteiger partial charge in [0.2, 0.25) is 5.13 Å². The zero-order valence-corrected chi connectivity index (χ0v) is 14.9. The maximum absolute atomic E-state index is 12.4. The van der Waals surface area contributed by atoms with Crippen molar-refractivity contribution in [2.45, 2.75) is 0 Å². The topological polar surface area (TPSA) is 67.4 Å². The number of benzene rings is 2. The summed E-state index contributed by atoms with van der Waals surface area (Å²) in [6, 6.07) is 17.4. The van der Waals surface area contributed by atoms with Gasteiger partial charge in [-0.25, -0.2) is 0 Å². The van der Waals surface area contributed by atoms with Gasteiger partial charge in [-0.1, -0.05) is 41.7 Å². The molecule has 0 saturated carbocycles. The van der Waals surface area contributed by atoms with Crippen LogP contribution in [0.3, 0.4) is 0 Å². The molecule has 1 aromatic heterocycles. The van der Waals surface area contributed by atoms with Crippen LogP contribution >= 0.6 is 11.3 Å². The second-order valence-corrected chi connectivity index (χ2v) is 6.86. The normalized spacial score (nSPS) is 14.2. The molecule has 1 saturated heterocycles. The summed E-state index contributed by atoms with van der Waals surface area (Å²) in [5, 5.41) is 12.3. The number of anilines is 2. The number of carbonyl (C=O) groups excluding carboxylic acids is 1. The van der Waals surface area contributed by atoms with Gasteiger partial charge < -0.3 is 9.64 Å². The largest absolute Gasteiger partial charge is 0.378 e. The molecule has 2 heterocycles. The molecule has 26 heavy (non-hydrogen) atoms. The minimum atomic E-state index is -0.186. The molecule has 1 aliphatic heterocycles. The van der Waals surface area contributed by atoms with Gasteiger partial charge in [0.15, 0.2) is 0 Å². The minimum absolute atomic E-state index is 0.186. The lowest BCUT2D eigenvalue weighted by Crippen LogP contribution is -2.36. The zero-order valence-electron chi connectivity index (χ0n) is 14.1. The molecule has 0 unspecified atom stereocenters. The van der Waals surface area contributed by atoms with Gasteiger partial charge in [-0.15, -0.1) is 10.2 Å². The van der Waals surface area contributed by atoms with E-state index in [1.165, 1.54) is 11.3 Å². The zero-order chi connectivity index (χ0) is 17.8. The predicted molar refractivity (Wildman–Crippen MR) is 103 cm³/mol. The number of hydrogen-bond donors (Lipinski definition) is 1. The van der Waals surface area contributed by atoms with Gasteiger partial charge in [0, 0.05) is 29.9 Å². The molecule has 0 bridgehead atoms. The molecule has 6 nitrogen and oxygen atoms in total. The van der Waals surface area contributed by atoms with Crippen LogP contribution in [0.5, 0.6) is 0 Å². The predicted octanol–water partition coefficient (Wildman–Crippen LogP) is 3.29. The van der Waals surface area contributed by atoms with Gasteiger partial charge in [-0.2, -0.15) is 0 Å². The third kappa shape index (κ3) is 3.74. The minimum Gasteiger partial charge on any atom is -0.378 e. The first-order chi connectivity index (χ1) is 12.8. The molecule has 0 spiro atoms. The van der Waals surface area contributed by atoms with Crippen molar-refractivity contribution in [3.05, 3.63) is 60.2 Å². The first kappa shape index (κ1) is 16.7. The van der Waals surface area contributed by atoms with E-state index in [0.29, 0.717) is 10.7 Å². The molecule has 1 aliphatic rings. The van der Waals surface area contributed by atoms with Gasteiger partial charge in [-0.05, 0) is 24.3 Å². The summed E-state index contributed by atoms with van der Waals surface area (Å²) < 4.78 is 5.37. The smallest absolute Gasteiger partial charge is 0.257 e. The molecule has 1 N–H and O–H groups in total. The maximum Gasteiger partial charge on any atom is 0.257 e. The molecule has 0 atom stereocenters. The van der Waals surface area contributed by atoms with Crippen LogP contribution in [0.25, 0.3) is 10.6 Å². The molecule has 3 aromatic rings. The number of nitrogens with zero attached hydrogens (tertiary/aromatic N) is 3. The second-order valence-electron chi connectivity index (χ2n) is 5.88. The number of nitrogens with one attached hydrogen (secondary N) is 1. The van der Waals surface area contributed by atoms with E-state index in [2.05, 4.69) is 20.4 Å². The highest BCUT2D eigenvalue weighted by molar-refractivity contribution is 7.18. The van der Waals surface area contributed by atoms with Crippen LogP contribution in [0.2, 0.25) is 0 Å². The number of carbonyl (C=O) groups is 1. The summed E-state index contributed by atoms with van der Waals surface area (Å²) in [5.41, 5.74) is 2.69. The number of hydrogen-bond acceptors (Lipinski definition) is 6. The average Bonchev–Trinajstić information content (AvgIpc) is 3.18. The SMILES string of the molecule is O=C(Nc1nnc(-c2ccccc2)s1)c1ccc(N2CCOCC2)cc1. The highest BCUT2D eigenvalue weighted by Crippen LogP contribution is 2.26. The highest BCUT2D eigenvalue weighted by atomic mass is 32.1. The Balaban J connectivity index is 1.42. The fourth-order valence-corrected chi connectivity index (χ4v) is 3.53. The fraction of sp³-hybridized carbons (Fsp3) is 0.211. The highest BCUT2D eigenvalue weighted by Gasteiger charge is 2.14. The number of ether oxygens (including phenoxy) is 1. The van der Waals surface area contributed by atoms with E-state index in [-0.39, 0.29) is 5.91 Å². The van der Waals surface area contributed by atoms with Crippen molar-refractivity contribution in [2.75, 3.05) is 36.5 Å². The quantitative estimate of drug-likeness (QED) is 0.767. The summed E-state index contributed by atoms with van der Waals surface area (Å²) in [5.74, 6) is -0.186. The van der Waals surface area contributed by atoms with Gasteiger partial charge in [0.25, 0.3) is 5.91 Å². The fourth-order valence-electron chi connectivity index (χ4n) is 2.79. The molecule has 132 valence electrons. The molecule has 0 aliphatic carbocycles. The van der Waals surface area contributed by atoms with Gasteiger partial charge in [0.05, 0.1) is 13.2 Å². The first-order valence-electron chi connectivity index (χ1n) is 8.43. The molecular weight excluding hydrogens is 348 g/mol. The van der Waals surface area contributed by atoms with E-state index >= 15 is 0 Å². The molecule has 7 heteroatoms. The van der Waals surface area contributed by atoms with Crippen LogP contribution in [0, 0.1) is 0 Å². The summed E-state index contributed by atoms with van der Waals surface area (Å²) in [6.07, 6.45) is 0. The Morgan fingerprint density at radius 3 is 2.46 bits per heavy atom. The summed E-state index contributed by atoms with van der Waals surface area (Å²) >= 11 is 1.36. The Labute approximate surface area is 155 Å². The van der Waals surface area contributed by atoms with Crippen molar-refractivity contribution < 1.29 is 9.53 Å². The van der Waals surface area contributed by atoms with Gasteiger partial charge in [-0.3, -0.25) is 10.1 Å². The number of morpholine rings is 1. The Hall–Kier alpha value is -2.77. The lowest BCUT2D eigenvalue weighted by Gasteiger charge is -2.28. The molecular formula is C19H18N4O2S. The maximum atomic E-state index is 12.4. The van der Waals surface area contributed by atoms with E-state index in [9.17, 15) is 4.79 Å². The Morgan fingerprint density at radius 1 is 1.00 bits per heavy atom. The second kappa shape index (κ2) is 7.63. The van der Waals surface area contributed by atoms with E-state index in [4.69, 9.17) is 4.74 Å². The van der Waals surface area contributed by atoms with E-state index < -0.39 is 0 Å². The molecule has 4 rings (SSSR count). The van der Waals surface area contributed by atoms with Crippen LogP contribution < -0.4 is 10.2 Å². The van der Waals surface area contributed by atoms with Crippen LogP contribution in [0.15, 0.2) is 54.6 Å². The number of aromatic nitrogens is 2. The third-order valence-corrected chi connectivity index (χ3v) is 5.06. The molecule has 2 aromatic carbocycles. The average molecular weight is 366 g/mol. The van der Waals surface area contributed by atoms with Crippen LogP contribution in [-0.4, -0.2) is 42.4 Å². The van der Waals surface area contributed by atoms with Crippen molar-refractivity contribution >= 4 is 28.1 Å². The van der Waals surface area contributed by atoms with Crippen LogP contribution in [0.4, 0.5) is 10.8 Å². The molecule has 1 fully saturated rings. The number of rotatable bonds is 4. The number of amides is 1. The van der Waals surface area contributed by atoms with Crippen molar-refractivity contribution in [2.24, 2.45) is 0 Å². The van der Waals surface area contributed by atoms with E-state index in [0.717, 1.165) is 42.6 Å². The molecule has 0 radical (unpaired) electrons. The Bertz CT molecular complexity index is 874. The summed E-state index contributed by atoms with van der Waals surface area (Å²) in [6.45, 7) is 3.23. The van der Waals surface area contributed by atoms with Crippen molar-refractivity contribution in [3.63, 3.8) is 0 Å². The monoisotopic (exact) mass is 366 g/mol. The van der Waals surface area contributed by atoms with Crippen LogP contribution in [0.1, 0.15) is 10.4 Å². The lowest BCUT2D eigenvalue weighted by molar-refractivity contribution is 0.102. The van der Waals surface area contributed by atoms with Crippen LogP contribution in [-0.2, 0) is 4.74 Å². The first-order valence-corrected chi connectivity index (χ1v) is 9.24. The van der Waals surface area contributed by atoms with Crippen molar-refractivity contribution in [3.8, 4) is 10.6 Å². The Morgan fingerprint density at radius 2 is 1.73 bits per heavy atom. The Kier molecular flexibility index (Phi) is 4.90. The lowest BCUT2D eigenvalue weighted by atomic mass is 10.2. The van der Waals surface area contributed by atoms with Gasteiger partial charge in [0.1, 0.15) is 5.01 Å². The molecule has 1 amide bonds. The van der Waals surface area contributed by atoms with Crippen molar-refractivity contribution in [1.82, 2.24) is 10.2 Å². The summed E-state index contributed by atoms with van der Waals surface area (Å²) in [7, 11) is 0. The van der Waals surface area contributed by atoms with E-state index in [1.54, 1.807) is 0 Å². The van der Waals surface area contributed by atoms with E-state index in [1.807, 2.05) is 54.6 Å². The van der Waals surface area contributed by atoms with Gasteiger partial charge >= 0.3 is 0 Å². The third-order valence-electron chi connectivity index (χ3n) is 4.17. The standard InChI is InChI=1S/C19H18N4O2S/c24-17(14-6-8-16(9-7-14)23-10-12-25-13-11-23)20-19-22-21-18(26-19)15-4-2-1-3-5-15/h1-9H,10-13H2,(H,20,22,24). The van der Waals surface area contributed by atoms with Crippen molar-refractivity contribution in [1.29, 1.82) is 0 Å².